The molecule has 27 heavy (non-hydrogen) atoms. The smallest absolute Gasteiger partial charge is 0.343 e. The Balaban J connectivity index is 1.77. The van der Waals surface area contributed by atoms with E-state index in [-0.39, 0.29) is 0 Å². The number of ether oxygens (including phenoxy) is 3. The molecule has 1 aromatic heterocycles. The van der Waals surface area contributed by atoms with Crippen LogP contribution in [0, 0.1) is 4.77 Å². The van der Waals surface area contributed by atoms with Gasteiger partial charge in [-0.05, 0) is 60.2 Å². The summed E-state index contributed by atoms with van der Waals surface area (Å²) in [5.41, 5.74) is 1.14. The maximum absolute atomic E-state index is 12.3. The summed E-state index contributed by atoms with van der Waals surface area (Å²) in [5.74, 6) is 0.861. The van der Waals surface area contributed by atoms with Crippen molar-refractivity contribution >= 4 is 24.4 Å². The van der Waals surface area contributed by atoms with Crippen LogP contribution in [0.4, 0.5) is 0 Å². The van der Waals surface area contributed by atoms with E-state index in [4.69, 9.17) is 26.4 Å². The number of nitrogens with one attached hydrogen (secondary N) is 1. The van der Waals surface area contributed by atoms with E-state index in [1.807, 2.05) is 0 Å². The van der Waals surface area contributed by atoms with E-state index in [2.05, 4.69) is 15.3 Å². The van der Waals surface area contributed by atoms with Gasteiger partial charge in [-0.1, -0.05) is 0 Å². The van der Waals surface area contributed by atoms with Gasteiger partial charge in [-0.3, -0.25) is 5.10 Å². The van der Waals surface area contributed by atoms with Crippen molar-refractivity contribution in [3.05, 3.63) is 64.7 Å². The minimum Gasteiger partial charge on any atom is -0.497 e. The second kappa shape index (κ2) is 8.28. The van der Waals surface area contributed by atoms with Gasteiger partial charge in [0.05, 0.1) is 26.0 Å². The molecule has 3 aromatic rings. The molecule has 2 aromatic carbocycles. The van der Waals surface area contributed by atoms with E-state index in [1.54, 1.807) is 55.8 Å². The van der Waals surface area contributed by atoms with Gasteiger partial charge in [0.2, 0.25) is 4.77 Å². The molecule has 0 radical (unpaired) electrons. The Kier molecular flexibility index (Phi) is 5.62. The molecule has 0 saturated heterocycles. The Labute approximate surface area is 160 Å². The number of carbonyl (C=O) groups excluding carboxylic acids is 1. The van der Waals surface area contributed by atoms with Crippen molar-refractivity contribution in [2.45, 2.75) is 0 Å². The van der Waals surface area contributed by atoms with E-state index >= 15 is 0 Å². The van der Waals surface area contributed by atoms with Crippen LogP contribution in [0.15, 0.2) is 53.9 Å². The first kappa shape index (κ1) is 18.3. The molecule has 1 N–H and O–H groups in total. The zero-order valence-corrected chi connectivity index (χ0v) is 15.4. The van der Waals surface area contributed by atoms with Crippen molar-refractivity contribution in [3.8, 4) is 17.2 Å². The van der Waals surface area contributed by atoms with Crippen LogP contribution in [0.2, 0.25) is 0 Å². The fourth-order valence-electron chi connectivity index (χ4n) is 2.19. The lowest BCUT2D eigenvalue weighted by Crippen LogP contribution is -2.09. The largest absolute Gasteiger partial charge is 0.497 e. The predicted octanol–water partition coefficient (Wildman–Crippen LogP) is 3.06. The SMILES string of the molecule is COc1ccc(C(=O)Oc2ccc(/C=N\n3cn[nH]c3=S)cc2OC)cc1. The Bertz CT molecular complexity index is 1020. The fraction of sp³-hybridized carbons (Fsp3) is 0.111. The Hall–Kier alpha value is -3.46. The molecule has 0 amide bonds. The van der Waals surface area contributed by atoms with E-state index in [0.29, 0.717) is 27.6 Å². The third-order valence-electron chi connectivity index (χ3n) is 3.58. The molecule has 8 nitrogen and oxygen atoms in total. The quantitative estimate of drug-likeness (QED) is 0.304. The van der Waals surface area contributed by atoms with Crippen LogP contribution in [0.1, 0.15) is 15.9 Å². The molecule has 9 heteroatoms. The summed E-state index contributed by atoms with van der Waals surface area (Å²) in [6.45, 7) is 0. The third kappa shape index (κ3) is 4.39. The van der Waals surface area contributed by atoms with Gasteiger partial charge in [0, 0.05) is 0 Å². The maximum Gasteiger partial charge on any atom is 0.343 e. The van der Waals surface area contributed by atoms with E-state index in [1.165, 1.54) is 18.1 Å². The summed E-state index contributed by atoms with van der Waals surface area (Å²) in [5, 5.41) is 10.6. The molecule has 0 fully saturated rings. The van der Waals surface area contributed by atoms with Gasteiger partial charge in [-0.25, -0.2) is 4.79 Å². The molecule has 0 aliphatic carbocycles. The molecule has 0 bridgehead atoms. The minimum absolute atomic E-state index is 0.301. The Morgan fingerprint density at radius 3 is 2.56 bits per heavy atom. The van der Waals surface area contributed by atoms with Crippen LogP contribution in [0.5, 0.6) is 17.2 Å². The highest BCUT2D eigenvalue weighted by atomic mass is 32.1. The van der Waals surface area contributed by atoms with Crippen molar-refractivity contribution in [1.29, 1.82) is 0 Å². The Morgan fingerprint density at radius 1 is 1.15 bits per heavy atom. The molecule has 0 aliphatic heterocycles. The van der Waals surface area contributed by atoms with Crippen molar-refractivity contribution in [2.75, 3.05) is 14.2 Å². The molecule has 0 atom stereocenters. The number of nitrogens with zero attached hydrogens (tertiary/aromatic N) is 3. The van der Waals surface area contributed by atoms with E-state index in [0.717, 1.165) is 5.56 Å². The highest BCUT2D eigenvalue weighted by Gasteiger charge is 2.13. The highest BCUT2D eigenvalue weighted by Crippen LogP contribution is 2.28. The zero-order valence-electron chi connectivity index (χ0n) is 14.6. The van der Waals surface area contributed by atoms with Crippen LogP contribution in [0.3, 0.4) is 0 Å². The highest BCUT2D eigenvalue weighted by molar-refractivity contribution is 7.71. The average Bonchev–Trinajstić information content (AvgIpc) is 3.12. The number of benzene rings is 2. The number of aromatic nitrogens is 3. The number of H-pyrrole nitrogens is 1. The standard InChI is InChI=1S/C18H16N4O4S/c1-24-14-6-4-13(5-7-14)17(23)26-15-8-3-12(9-16(15)25-2)10-20-22-11-19-21-18(22)27/h3-11H,1-2H3,(H,21,27)/b20-10-. The lowest BCUT2D eigenvalue weighted by molar-refractivity contribution is 0.0729. The van der Waals surface area contributed by atoms with Crippen molar-refractivity contribution in [1.82, 2.24) is 14.9 Å². The number of aromatic amines is 1. The summed E-state index contributed by atoms with van der Waals surface area (Å²) < 4.78 is 17.6. The molecular weight excluding hydrogens is 368 g/mol. The predicted molar refractivity (Wildman–Crippen MR) is 101 cm³/mol. The summed E-state index contributed by atoms with van der Waals surface area (Å²) in [7, 11) is 3.05. The topological polar surface area (TPSA) is 90.7 Å². The van der Waals surface area contributed by atoms with Crippen LogP contribution in [-0.4, -0.2) is 41.3 Å². The normalized spacial score (nSPS) is 10.7. The molecule has 1 heterocycles. The summed E-state index contributed by atoms with van der Waals surface area (Å²) in [4.78, 5) is 12.3. The lowest BCUT2D eigenvalue weighted by Gasteiger charge is -2.10. The van der Waals surface area contributed by atoms with Gasteiger partial charge in [-0.15, -0.1) is 0 Å². The summed E-state index contributed by atoms with van der Waals surface area (Å²) >= 11 is 5.02. The zero-order chi connectivity index (χ0) is 19.2. The van der Waals surface area contributed by atoms with Gasteiger partial charge in [0.15, 0.2) is 11.5 Å². The first-order valence-corrected chi connectivity index (χ1v) is 8.22. The number of esters is 1. The summed E-state index contributed by atoms with van der Waals surface area (Å²) in [6, 6.07) is 11.7. The second-order valence-corrected chi connectivity index (χ2v) is 5.67. The molecule has 0 unspecified atom stereocenters. The second-order valence-electron chi connectivity index (χ2n) is 5.28. The van der Waals surface area contributed by atoms with E-state index < -0.39 is 5.97 Å². The van der Waals surface area contributed by atoms with Crippen LogP contribution < -0.4 is 14.2 Å². The van der Waals surface area contributed by atoms with Gasteiger partial charge < -0.3 is 14.2 Å². The van der Waals surface area contributed by atoms with Gasteiger partial charge in [0.1, 0.15) is 12.1 Å². The minimum atomic E-state index is -0.498. The molecular formula is C18H16N4O4S. The van der Waals surface area contributed by atoms with Crippen molar-refractivity contribution < 1.29 is 19.0 Å². The number of hydrogen-bond donors (Lipinski definition) is 1. The fourth-order valence-corrected chi connectivity index (χ4v) is 2.34. The third-order valence-corrected chi connectivity index (χ3v) is 3.86. The first-order chi connectivity index (χ1) is 13.1. The molecule has 138 valence electrons. The van der Waals surface area contributed by atoms with Gasteiger partial charge in [-0.2, -0.15) is 14.9 Å². The molecule has 0 saturated carbocycles. The first-order valence-electron chi connectivity index (χ1n) is 7.81. The van der Waals surface area contributed by atoms with Crippen molar-refractivity contribution in [2.24, 2.45) is 5.10 Å². The van der Waals surface area contributed by atoms with Crippen LogP contribution >= 0.6 is 12.2 Å². The van der Waals surface area contributed by atoms with Gasteiger partial charge in [0.25, 0.3) is 0 Å². The molecule has 0 spiro atoms. The van der Waals surface area contributed by atoms with Crippen LogP contribution in [0.25, 0.3) is 0 Å². The molecule has 3 rings (SSSR count). The van der Waals surface area contributed by atoms with Crippen molar-refractivity contribution in [3.63, 3.8) is 0 Å². The Morgan fingerprint density at radius 2 is 1.93 bits per heavy atom. The maximum atomic E-state index is 12.3. The average molecular weight is 384 g/mol. The molecule has 0 aliphatic rings. The summed E-state index contributed by atoms with van der Waals surface area (Å²) in [6.07, 6.45) is 3.05. The lowest BCUT2D eigenvalue weighted by atomic mass is 10.2. The number of carbonyl (C=O) groups is 1. The van der Waals surface area contributed by atoms with E-state index in [9.17, 15) is 4.79 Å². The van der Waals surface area contributed by atoms with Crippen LogP contribution in [-0.2, 0) is 0 Å². The number of rotatable bonds is 6. The monoisotopic (exact) mass is 384 g/mol. The number of methoxy groups -OCH3 is 2. The van der Waals surface area contributed by atoms with Gasteiger partial charge >= 0.3 is 5.97 Å². The number of hydrogen-bond acceptors (Lipinski definition) is 7.